The van der Waals surface area contributed by atoms with Crippen molar-refractivity contribution in [1.82, 2.24) is 10.2 Å². The van der Waals surface area contributed by atoms with Crippen molar-refractivity contribution in [2.24, 2.45) is 0 Å². The van der Waals surface area contributed by atoms with Crippen LogP contribution in [0.1, 0.15) is 11.7 Å². The van der Waals surface area contributed by atoms with Gasteiger partial charge in [0.15, 0.2) is 4.34 Å². The zero-order valence-electron chi connectivity index (χ0n) is 11.8. The maximum absolute atomic E-state index is 10.2. The fourth-order valence-electron chi connectivity index (χ4n) is 2.10. The van der Waals surface area contributed by atoms with Gasteiger partial charge < -0.3 is 14.7 Å². The smallest absolute Gasteiger partial charge is 0.209 e. The summed E-state index contributed by atoms with van der Waals surface area (Å²) in [5.74, 6) is 0.564. The number of benzene rings is 1. The number of halogens is 1. The van der Waals surface area contributed by atoms with E-state index in [-0.39, 0.29) is 0 Å². The second-order valence-corrected chi connectivity index (χ2v) is 7.97. The number of thioether (sulfide) groups is 1. The molecule has 1 saturated heterocycles. The fourth-order valence-corrected chi connectivity index (χ4v) is 4.41. The molecular weight excluding hydrogens is 386 g/mol. The van der Waals surface area contributed by atoms with E-state index in [1.807, 2.05) is 24.3 Å². The van der Waals surface area contributed by atoms with Gasteiger partial charge in [-0.3, -0.25) is 0 Å². The number of aromatic nitrogens is 2. The van der Waals surface area contributed by atoms with E-state index in [4.69, 9.17) is 4.74 Å². The van der Waals surface area contributed by atoms with Gasteiger partial charge in [-0.2, -0.15) is 0 Å². The van der Waals surface area contributed by atoms with Gasteiger partial charge in [-0.15, -0.1) is 10.2 Å². The van der Waals surface area contributed by atoms with E-state index >= 15 is 0 Å². The van der Waals surface area contributed by atoms with Gasteiger partial charge in [0.1, 0.15) is 0 Å². The highest BCUT2D eigenvalue weighted by Gasteiger charge is 2.17. The van der Waals surface area contributed by atoms with Gasteiger partial charge in [-0.1, -0.05) is 51.2 Å². The molecule has 0 saturated carbocycles. The molecule has 0 bridgehead atoms. The number of aliphatic hydroxyl groups is 1. The highest BCUT2D eigenvalue weighted by molar-refractivity contribution is 9.10. The number of aliphatic hydroxyl groups excluding tert-OH is 1. The van der Waals surface area contributed by atoms with E-state index in [0.29, 0.717) is 5.75 Å². The number of morpholine rings is 1. The molecule has 2 aromatic rings. The second-order valence-electron chi connectivity index (χ2n) is 4.83. The molecule has 3 rings (SSSR count). The monoisotopic (exact) mass is 401 g/mol. The number of ether oxygens (including phenoxy) is 1. The molecule has 0 unspecified atom stereocenters. The predicted molar refractivity (Wildman–Crippen MR) is 92.8 cm³/mol. The van der Waals surface area contributed by atoms with Crippen LogP contribution in [-0.4, -0.2) is 47.4 Å². The summed E-state index contributed by atoms with van der Waals surface area (Å²) in [6.07, 6.45) is -0.516. The molecule has 1 aromatic carbocycles. The molecule has 1 N–H and O–H groups in total. The van der Waals surface area contributed by atoms with Crippen molar-refractivity contribution in [3.05, 3.63) is 34.3 Å². The van der Waals surface area contributed by atoms with E-state index in [0.717, 1.165) is 45.8 Å². The third-order valence-electron chi connectivity index (χ3n) is 3.28. The highest BCUT2D eigenvalue weighted by atomic mass is 79.9. The molecule has 1 aromatic heterocycles. The topological polar surface area (TPSA) is 58.5 Å². The van der Waals surface area contributed by atoms with Crippen LogP contribution in [0.25, 0.3) is 0 Å². The van der Waals surface area contributed by atoms with Gasteiger partial charge in [0.05, 0.1) is 19.3 Å². The van der Waals surface area contributed by atoms with Gasteiger partial charge in [-0.25, -0.2) is 0 Å². The summed E-state index contributed by atoms with van der Waals surface area (Å²) in [5.41, 5.74) is 0.903. The summed E-state index contributed by atoms with van der Waals surface area (Å²) in [6.45, 7) is 3.20. The minimum absolute atomic E-state index is 0.516. The Kier molecular flexibility index (Phi) is 5.70. The Bertz CT molecular complexity index is 620. The van der Waals surface area contributed by atoms with Crippen LogP contribution in [-0.2, 0) is 4.74 Å². The Morgan fingerprint density at radius 3 is 2.95 bits per heavy atom. The molecule has 1 aliphatic rings. The molecule has 1 atom stereocenters. The third-order valence-corrected chi connectivity index (χ3v) is 5.96. The predicted octanol–water partition coefficient (Wildman–Crippen LogP) is 2.96. The molecule has 8 heteroatoms. The highest BCUT2D eigenvalue weighted by Crippen LogP contribution is 2.31. The van der Waals surface area contributed by atoms with Crippen LogP contribution in [0.15, 0.2) is 33.1 Å². The first kappa shape index (κ1) is 16.2. The van der Waals surface area contributed by atoms with Crippen LogP contribution in [0.3, 0.4) is 0 Å². The van der Waals surface area contributed by atoms with Crippen molar-refractivity contribution in [3.63, 3.8) is 0 Å². The second kappa shape index (κ2) is 7.74. The van der Waals surface area contributed by atoms with Crippen molar-refractivity contribution >= 4 is 44.2 Å². The van der Waals surface area contributed by atoms with Crippen molar-refractivity contribution in [1.29, 1.82) is 0 Å². The lowest BCUT2D eigenvalue weighted by Crippen LogP contribution is -2.36. The van der Waals surface area contributed by atoms with Gasteiger partial charge in [0.25, 0.3) is 0 Å². The van der Waals surface area contributed by atoms with Gasteiger partial charge >= 0.3 is 0 Å². The Morgan fingerprint density at radius 1 is 1.36 bits per heavy atom. The van der Waals surface area contributed by atoms with Crippen molar-refractivity contribution in [3.8, 4) is 0 Å². The molecule has 0 aliphatic carbocycles. The molecule has 0 amide bonds. The quantitative estimate of drug-likeness (QED) is 0.777. The molecule has 0 spiro atoms. The van der Waals surface area contributed by atoms with Crippen molar-refractivity contribution in [2.45, 2.75) is 10.4 Å². The summed E-state index contributed by atoms with van der Waals surface area (Å²) in [5, 5.41) is 19.6. The Morgan fingerprint density at radius 2 is 2.18 bits per heavy atom. The summed E-state index contributed by atoms with van der Waals surface area (Å²) >= 11 is 6.53. The number of nitrogens with zero attached hydrogens (tertiary/aromatic N) is 3. The van der Waals surface area contributed by atoms with E-state index in [1.54, 1.807) is 11.3 Å². The summed E-state index contributed by atoms with van der Waals surface area (Å²) < 4.78 is 7.19. The molecule has 2 heterocycles. The molecule has 22 heavy (non-hydrogen) atoms. The number of rotatable bonds is 5. The van der Waals surface area contributed by atoms with E-state index in [1.165, 1.54) is 11.8 Å². The molecule has 1 aliphatic heterocycles. The number of anilines is 1. The summed E-state index contributed by atoms with van der Waals surface area (Å²) in [4.78, 5) is 2.19. The fraction of sp³-hybridized carbons (Fsp3) is 0.429. The lowest BCUT2D eigenvalue weighted by Gasteiger charge is -2.25. The number of hydrogen-bond acceptors (Lipinski definition) is 7. The zero-order chi connectivity index (χ0) is 15.4. The largest absolute Gasteiger partial charge is 0.388 e. The summed E-state index contributed by atoms with van der Waals surface area (Å²) in [7, 11) is 0. The first-order valence-corrected chi connectivity index (χ1v) is 9.54. The van der Waals surface area contributed by atoms with Crippen LogP contribution >= 0.6 is 39.0 Å². The van der Waals surface area contributed by atoms with Crippen molar-refractivity contribution in [2.75, 3.05) is 37.0 Å². The van der Waals surface area contributed by atoms with E-state index in [2.05, 4.69) is 31.0 Å². The van der Waals surface area contributed by atoms with E-state index in [9.17, 15) is 5.11 Å². The Hall–Kier alpha value is -0.670. The van der Waals surface area contributed by atoms with Crippen molar-refractivity contribution < 1.29 is 9.84 Å². The summed E-state index contributed by atoms with van der Waals surface area (Å²) in [6, 6.07) is 7.73. The first-order valence-electron chi connectivity index (χ1n) is 6.95. The normalized spacial score (nSPS) is 16.7. The molecule has 118 valence electrons. The minimum Gasteiger partial charge on any atom is -0.388 e. The molecular formula is C14H16BrN3O2S2. The molecule has 5 nitrogen and oxygen atoms in total. The Labute approximate surface area is 145 Å². The van der Waals surface area contributed by atoms with Crippen LogP contribution in [0.4, 0.5) is 5.13 Å². The zero-order valence-corrected chi connectivity index (χ0v) is 15.0. The van der Waals surface area contributed by atoms with Gasteiger partial charge in [0, 0.05) is 23.3 Å². The average Bonchev–Trinajstić information content (AvgIpc) is 3.02. The maximum Gasteiger partial charge on any atom is 0.209 e. The maximum atomic E-state index is 10.2. The molecule has 1 fully saturated rings. The molecule has 0 radical (unpaired) electrons. The Balaban J connectivity index is 1.56. The standard InChI is InChI=1S/C14H16BrN3O2S2/c15-11-3-1-2-10(8-11)12(19)9-21-14-17-16-13(22-14)18-4-6-20-7-5-18/h1-3,8,12,19H,4-7,9H2/t12-/m0/s1. The van der Waals surface area contributed by atoms with Crippen LogP contribution in [0.2, 0.25) is 0 Å². The average molecular weight is 402 g/mol. The van der Waals surface area contributed by atoms with Crippen LogP contribution in [0, 0.1) is 0 Å². The van der Waals surface area contributed by atoms with E-state index < -0.39 is 6.10 Å². The van der Waals surface area contributed by atoms with Crippen LogP contribution in [0.5, 0.6) is 0 Å². The lowest BCUT2D eigenvalue weighted by molar-refractivity contribution is 0.122. The minimum atomic E-state index is -0.516. The van der Waals surface area contributed by atoms with Gasteiger partial charge in [-0.05, 0) is 17.7 Å². The third kappa shape index (κ3) is 4.20. The van der Waals surface area contributed by atoms with Crippen LogP contribution < -0.4 is 4.90 Å². The SMILES string of the molecule is O[C@@H](CSc1nnc(N2CCOCC2)s1)c1cccc(Br)c1. The first-order chi connectivity index (χ1) is 10.7. The number of hydrogen-bond donors (Lipinski definition) is 1. The lowest BCUT2D eigenvalue weighted by atomic mass is 10.1. The van der Waals surface area contributed by atoms with Gasteiger partial charge in [0.2, 0.25) is 5.13 Å².